The average molecular weight is 493 g/mol. The van der Waals surface area contributed by atoms with Gasteiger partial charge in [-0.2, -0.15) is 0 Å². The van der Waals surface area contributed by atoms with Gasteiger partial charge in [-0.05, 0) is 60.7 Å². The molecule has 2 amide bonds. The zero-order valence-electron chi connectivity index (χ0n) is 20.6. The molecule has 0 fully saturated rings. The van der Waals surface area contributed by atoms with Crippen molar-refractivity contribution in [2.24, 2.45) is 0 Å². The number of ether oxygens (including phenoxy) is 1. The number of carbonyl (C=O) groups excluding carboxylic acids is 2. The fraction of sp³-hybridized carbons (Fsp3) is 0.310. The first kappa shape index (κ1) is 26.3. The standard InChI is InChI=1S/C29H33ClN2O3/c1-4-16-31-29(34)26(18-23-11-6-5-7-12-23)32(19-24-13-9-14-25(30)17-24)28(33)20-35-27-15-8-10-21(2)22(27)3/h5-15,17,26H,4,16,18-20H2,1-3H3,(H,31,34)/t26-/m0/s1. The molecular weight excluding hydrogens is 460 g/mol. The van der Waals surface area contributed by atoms with E-state index >= 15 is 0 Å². The summed E-state index contributed by atoms with van der Waals surface area (Å²) in [5.74, 6) is 0.215. The van der Waals surface area contributed by atoms with Crippen molar-refractivity contribution in [3.63, 3.8) is 0 Å². The van der Waals surface area contributed by atoms with Crippen molar-refractivity contribution in [3.8, 4) is 5.75 Å². The number of benzene rings is 3. The van der Waals surface area contributed by atoms with Crippen molar-refractivity contribution < 1.29 is 14.3 Å². The smallest absolute Gasteiger partial charge is 0.261 e. The maximum Gasteiger partial charge on any atom is 0.261 e. The molecule has 0 aliphatic rings. The van der Waals surface area contributed by atoms with Gasteiger partial charge < -0.3 is 15.0 Å². The van der Waals surface area contributed by atoms with Crippen LogP contribution < -0.4 is 10.1 Å². The fourth-order valence-corrected chi connectivity index (χ4v) is 4.07. The first-order chi connectivity index (χ1) is 16.9. The monoisotopic (exact) mass is 492 g/mol. The lowest BCUT2D eigenvalue weighted by Crippen LogP contribution is -2.51. The lowest BCUT2D eigenvalue weighted by molar-refractivity contribution is -0.142. The molecule has 0 spiro atoms. The summed E-state index contributed by atoms with van der Waals surface area (Å²) < 4.78 is 5.93. The second kappa shape index (κ2) is 13.0. The van der Waals surface area contributed by atoms with Crippen LogP contribution in [0, 0.1) is 13.8 Å². The Balaban J connectivity index is 1.91. The summed E-state index contributed by atoms with van der Waals surface area (Å²) in [5.41, 5.74) is 3.90. The number of nitrogens with zero attached hydrogens (tertiary/aromatic N) is 1. The molecule has 0 saturated heterocycles. The van der Waals surface area contributed by atoms with Gasteiger partial charge in [0.1, 0.15) is 11.8 Å². The summed E-state index contributed by atoms with van der Waals surface area (Å²) >= 11 is 6.21. The zero-order chi connectivity index (χ0) is 25.2. The number of nitrogens with one attached hydrogen (secondary N) is 1. The molecule has 1 N–H and O–H groups in total. The third-order valence-corrected chi connectivity index (χ3v) is 6.20. The van der Waals surface area contributed by atoms with Crippen molar-refractivity contribution in [2.45, 2.75) is 46.2 Å². The van der Waals surface area contributed by atoms with E-state index in [4.69, 9.17) is 16.3 Å². The van der Waals surface area contributed by atoms with Crippen LogP contribution in [0.15, 0.2) is 72.8 Å². The fourth-order valence-electron chi connectivity index (χ4n) is 3.85. The van der Waals surface area contributed by atoms with Crippen LogP contribution in [-0.2, 0) is 22.6 Å². The SMILES string of the molecule is CCCNC(=O)[C@H](Cc1ccccc1)N(Cc1cccc(Cl)c1)C(=O)COc1cccc(C)c1C. The summed E-state index contributed by atoms with van der Waals surface area (Å²) in [7, 11) is 0. The van der Waals surface area contributed by atoms with Gasteiger partial charge in [0.05, 0.1) is 0 Å². The van der Waals surface area contributed by atoms with Crippen LogP contribution in [0.2, 0.25) is 5.02 Å². The van der Waals surface area contributed by atoms with Crippen LogP contribution in [-0.4, -0.2) is 35.9 Å². The molecule has 0 saturated carbocycles. The first-order valence-corrected chi connectivity index (χ1v) is 12.3. The van der Waals surface area contributed by atoms with E-state index < -0.39 is 6.04 Å². The van der Waals surface area contributed by atoms with Crippen LogP contribution in [0.4, 0.5) is 0 Å². The van der Waals surface area contributed by atoms with Gasteiger partial charge >= 0.3 is 0 Å². The second-order valence-electron chi connectivity index (χ2n) is 8.63. The van der Waals surface area contributed by atoms with E-state index in [0.29, 0.717) is 23.7 Å². The highest BCUT2D eigenvalue weighted by Gasteiger charge is 2.30. The summed E-state index contributed by atoms with van der Waals surface area (Å²) in [5, 5.41) is 3.56. The molecule has 0 aromatic heterocycles. The van der Waals surface area contributed by atoms with Gasteiger partial charge in [-0.25, -0.2) is 0 Å². The van der Waals surface area contributed by atoms with E-state index in [1.165, 1.54) is 0 Å². The number of amides is 2. The largest absolute Gasteiger partial charge is 0.483 e. The number of hydrogen-bond donors (Lipinski definition) is 1. The van der Waals surface area contributed by atoms with Gasteiger partial charge in [-0.1, -0.05) is 73.1 Å². The molecule has 5 nitrogen and oxygen atoms in total. The Morgan fingerprint density at radius 3 is 2.40 bits per heavy atom. The molecule has 3 aromatic carbocycles. The number of aryl methyl sites for hydroxylation is 1. The molecule has 3 aromatic rings. The normalized spacial score (nSPS) is 11.5. The molecule has 1 atom stereocenters. The van der Waals surface area contributed by atoms with E-state index in [1.54, 1.807) is 11.0 Å². The molecule has 184 valence electrons. The van der Waals surface area contributed by atoms with Crippen LogP contribution in [0.3, 0.4) is 0 Å². The predicted molar refractivity (Wildman–Crippen MR) is 141 cm³/mol. The molecule has 0 bridgehead atoms. The lowest BCUT2D eigenvalue weighted by atomic mass is 10.0. The Kier molecular flexibility index (Phi) is 9.74. The Morgan fingerprint density at radius 2 is 1.69 bits per heavy atom. The maximum atomic E-state index is 13.6. The molecular formula is C29H33ClN2O3. The van der Waals surface area contributed by atoms with E-state index in [-0.39, 0.29) is 25.0 Å². The quantitative estimate of drug-likeness (QED) is 0.384. The molecule has 35 heavy (non-hydrogen) atoms. The van der Waals surface area contributed by atoms with Gasteiger partial charge in [-0.3, -0.25) is 9.59 Å². The van der Waals surface area contributed by atoms with Crippen molar-refractivity contribution in [3.05, 3.63) is 100 Å². The zero-order valence-corrected chi connectivity index (χ0v) is 21.3. The summed E-state index contributed by atoms with van der Waals surface area (Å²) in [4.78, 5) is 28.5. The minimum absolute atomic E-state index is 0.169. The Bertz CT molecular complexity index is 1130. The number of rotatable bonds is 11. The molecule has 0 aliphatic carbocycles. The summed E-state index contributed by atoms with van der Waals surface area (Å²) in [6.45, 7) is 6.59. The van der Waals surface area contributed by atoms with Crippen molar-refractivity contribution in [1.29, 1.82) is 0 Å². The molecule has 0 aliphatic heterocycles. The van der Waals surface area contributed by atoms with E-state index in [1.807, 2.05) is 87.5 Å². The number of halogens is 1. The Labute approximate surface area is 213 Å². The highest BCUT2D eigenvalue weighted by Crippen LogP contribution is 2.22. The predicted octanol–water partition coefficient (Wildman–Crippen LogP) is 5.50. The second-order valence-corrected chi connectivity index (χ2v) is 9.07. The first-order valence-electron chi connectivity index (χ1n) is 11.9. The maximum absolute atomic E-state index is 13.6. The lowest BCUT2D eigenvalue weighted by Gasteiger charge is -2.31. The van der Waals surface area contributed by atoms with Crippen molar-refractivity contribution in [2.75, 3.05) is 13.2 Å². The average Bonchev–Trinajstić information content (AvgIpc) is 2.86. The van der Waals surface area contributed by atoms with Crippen LogP contribution in [0.25, 0.3) is 0 Å². The molecule has 0 unspecified atom stereocenters. The van der Waals surface area contributed by atoms with Crippen LogP contribution in [0.5, 0.6) is 5.75 Å². The Morgan fingerprint density at radius 1 is 0.971 bits per heavy atom. The summed E-state index contributed by atoms with van der Waals surface area (Å²) in [6.07, 6.45) is 1.20. The molecule has 6 heteroatoms. The van der Waals surface area contributed by atoms with E-state index in [0.717, 1.165) is 28.7 Å². The van der Waals surface area contributed by atoms with Gasteiger partial charge in [0, 0.05) is 24.5 Å². The van der Waals surface area contributed by atoms with Crippen molar-refractivity contribution in [1.82, 2.24) is 10.2 Å². The minimum atomic E-state index is -0.697. The summed E-state index contributed by atoms with van der Waals surface area (Å²) in [6, 6.07) is 22.2. The van der Waals surface area contributed by atoms with Gasteiger partial charge in [0.15, 0.2) is 6.61 Å². The van der Waals surface area contributed by atoms with Gasteiger partial charge in [-0.15, -0.1) is 0 Å². The van der Waals surface area contributed by atoms with E-state index in [9.17, 15) is 9.59 Å². The third kappa shape index (κ3) is 7.59. The highest BCUT2D eigenvalue weighted by atomic mass is 35.5. The van der Waals surface area contributed by atoms with Gasteiger partial charge in [0.2, 0.25) is 5.91 Å². The van der Waals surface area contributed by atoms with Gasteiger partial charge in [0.25, 0.3) is 5.91 Å². The minimum Gasteiger partial charge on any atom is -0.483 e. The van der Waals surface area contributed by atoms with Crippen molar-refractivity contribution >= 4 is 23.4 Å². The molecule has 0 heterocycles. The molecule has 0 radical (unpaired) electrons. The number of carbonyl (C=O) groups is 2. The topological polar surface area (TPSA) is 58.6 Å². The highest BCUT2D eigenvalue weighted by molar-refractivity contribution is 6.30. The third-order valence-electron chi connectivity index (χ3n) is 5.97. The molecule has 3 rings (SSSR count). The Hall–Kier alpha value is -3.31. The number of hydrogen-bond acceptors (Lipinski definition) is 3. The van der Waals surface area contributed by atoms with Crippen LogP contribution in [0.1, 0.15) is 35.6 Å². The van der Waals surface area contributed by atoms with E-state index in [2.05, 4.69) is 5.32 Å². The van der Waals surface area contributed by atoms with Crippen LogP contribution >= 0.6 is 11.6 Å².